The smallest absolute Gasteiger partial charge is 0.0427 e. The maximum Gasteiger partial charge on any atom is 0.0427 e. The minimum atomic E-state index is 0.229. The van der Waals surface area contributed by atoms with E-state index in [0.29, 0.717) is 11.8 Å². The minimum absolute atomic E-state index is 0.229. The van der Waals surface area contributed by atoms with Gasteiger partial charge in [-0.3, -0.25) is 0 Å². The molecule has 23 heavy (non-hydrogen) atoms. The maximum absolute atomic E-state index is 2.37. The number of hydrogen-bond acceptors (Lipinski definition) is 0. The van der Waals surface area contributed by atoms with Crippen molar-refractivity contribution < 1.29 is 0 Å². The van der Waals surface area contributed by atoms with Crippen LogP contribution in [0.25, 0.3) is 0 Å². The summed E-state index contributed by atoms with van der Waals surface area (Å²) in [7, 11) is 0. The zero-order chi connectivity index (χ0) is 15.3. The first-order chi connectivity index (χ1) is 11.3. The van der Waals surface area contributed by atoms with Crippen LogP contribution in [0.2, 0.25) is 0 Å². The summed E-state index contributed by atoms with van der Waals surface area (Å²) in [5.41, 5.74) is 12.6. The first-order valence-corrected chi connectivity index (χ1v) is 8.55. The van der Waals surface area contributed by atoms with E-state index in [1.54, 1.807) is 33.4 Å². The van der Waals surface area contributed by atoms with E-state index >= 15 is 0 Å². The second kappa shape index (κ2) is 3.59. The molecule has 0 nitrogen and oxygen atoms in total. The van der Waals surface area contributed by atoms with Gasteiger partial charge in [-0.1, -0.05) is 60.7 Å². The van der Waals surface area contributed by atoms with Crippen molar-refractivity contribution in [1.29, 1.82) is 0 Å². The van der Waals surface area contributed by atoms with E-state index in [1.165, 1.54) is 11.1 Å². The van der Waals surface area contributed by atoms with Crippen LogP contribution < -0.4 is 0 Å². The van der Waals surface area contributed by atoms with Gasteiger partial charge in [-0.25, -0.2) is 0 Å². The van der Waals surface area contributed by atoms with Gasteiger partial charge in [0.05, 0.1) is 0 Å². The first kappa shape index (κ1) is 12.1. The third kappa shape index (κ3) is 1.04. The van der Waals surface area contributed by atoms with Crippen LogP contribution >= 0.6 is 0 Å². The predicted octanol–water partition coefficient (Wildman–Crippen LogP) is 5.19. The highest BCUT2D eigenvalue weighted by atomic mass is 14.7. The van der Waals surface area contributed by atoms with Gasteiger partial charge in [0.2, 0.25) is 0 Å². The molecular formula is C23H18. The summed E-state index contributed by atoms with van der Waals surface area (Å²) >= 11 is 0. The van der Waals surface area contributed by atoms with Gasteiger partial charge in [-0.2, -0.15) is 0 Å². The molecule has 3 aliphatic rings. The van der Waals surface area contributed by atoms with Gasteiger partial charge in [-0.05, 0) is 58.4 Å². The van der Waals surface area contributed by atoms with Crippen LogP contribution in [0.4, 0.5) is 0 Å². The van der Waals surface area contributed by atoms with Crippen molar-refractivity contribution in [3.8, 4) is 0 Å². The first-order valence-electron chi connectivity index (χ1n) is 8.55. The Kier molecular flexibility index (Phi) is 1.89. The molecule has 0 saturated carbocycles. The van der Waals surface area contributed by atoms with E-state index in [1.807, 2.05) is 0 Å². The van der Waals surface area contributed by atoms with Crippen molar-refractivity contribution in [2.45, 2.75) is 31.1 Å². The summed E-state index contributed by atoms with van der Waals surface area (Å²) in [6, 6.07) is 22.9. The number of hydrogen-bond donors (Lipinski definition) is 0. The highest BCUT2D eigenvalue weighted by molar-refractivity contribution is 5.80. The number of benzene rings is 3. The van der Waals surface area contributed by atoms with Crippen LogP contribution in [0.3, 0.4) is 0 Å². The van der Waals surface area contributed by atoms with E-state index in [-0.39, 0.29) is 5.41 Å². The van der Waals surface area contributed by atoms with Gasteiger partial charge < -0.3 is 0 Å². The fourth-order valence-electron chi connectivity index (χ4n) is 5.91. The fourth-order valence-corrected chi connectivity index (χ4v) is 5.91. The average molecular weight is 294 g/mol. The molecule has 0 aromatic heterocycles. The van der Waals surface area contributed by atoms with Crippen LogP contribution in [0, 0.1) is 13.8 Å². The zero-order valence-corrected chi connectivity index (χ0v) is 13.4. The molecule has 2 atom stereocenters. The van der Waals surface area contributed by atoms with Crippen molar-refractivity contribution in [3.05, 3.63) is 105 Å². The molecule has 3 aromatic rings. The third-order valence-corrected chi connectivity index (χ3v) is 6.65. The lowest BCUT2D eigenvalue weighted by Crippen LogP contribution is -2.52. The van der Waals surface area contributed by atoms with Crippen LogP contribution in [0.1, 0.15) is 56.3 Å². The molecule has 0 heteroatoms. The van der Waals surface area contributed by atoms with Crippen molar-refractivity contribution in [2.24, 2.45) is 0 Å². The summed E-state index contributed by atoms with van der Waals surface area (Å²) in [6.45, 7) is 4.59. The molecule has 3 aliphatic carbocycles. The maximum atomic E-state index is 2.37. The van der Waals surface area contributed by atoms with Crippen LogP contribution in [0.5, 0.6) is 0 Å². The Morgan fingerprint density at radius 3 is 1.52 bits per heavy atom. The van der Waals surface area contributed by atoms with Crippen LogP contribution in [0.15, 0.2) is 60.7 Å². The van der Waals surface area contributed by atoms with Crippen LogP contribution in [-0.2, 0) is 5.41 Å². The molecule has 0 radical (unpaired) electrons. The Bertz CT molecular complexity index is 926. The summed E-state index contributed by atoms with van der Waals surface area (Å²) in [4.78, 5) is 0. The van der Waals surface area contributed by atoms with Gasteiger partial charge in [0.15, 0.2) is 0 Å². The second-order valence-electron chi connectivity index (χ2n) is 7.44. The van der Waals surface area contributed by atoms with E-state index in [2.05, 4.69) is 74.5 Å². The molecule has 1 spiro atoms. The minimum Gasteiger partial charge on any atom is -0.0620 e. The van der Waals surface area contributed by atoms with E-state index in [0.717, 1.165) is 0 Å². The summed E-state index contributed by atoms with van der Waals surface area (Å²) in [6.07, 6.45) is 0. The van der Waals surface area contributed by atoms with Gasteiger partial charge in [0.25, 0.3) is 0 Å². The fraction of sp³-hybridized carbons (Fsp3) is 0.217. The van der Waals surface area contributed by atoms with Gasteiger partial charge in [0.1, 0.15) is 0 Å². The third-order valence-electron chi connectivity index (χ3n) is 6.65. The Balaban J connectivity index is 1.79. The highest BCUT2D eigenvalue weighted by Gasteiger charge is 2.69. The Hall–Kier alpha value is -2.34. The van der Waals surface area contributed by atoms with E-state index in [9.17, 15) is 0 Å². The molecule has 3 aromatic carbocycles. The predicted molar refractivity (Wildman–Crippen MR) is 93.3 cm³/mol. The van der Waals surface area contributed by atoms with Gasteiger partial charge >= 0.3 is 0 Å². The Labute approximate surface area is 136 Å². The lowest BCUT2D eigenvalue weighted by atomic mass is 9.43. The molecule has 0 aliphatic heterocycles. The Morgan fingerprint density at radius 2 is 1.04 bits per heavy atom. The van der Waals surface area contributed by atoms with Gasteiger partial charge in [0, 0.05) is 17.3 Å². The number of fused-ring (bicyclic) bond motifs is 7. The highest BCUT2D eigenvalue weighted by Crippen LogP contribution is 2.77. The Morgan fingerprint density at radius 1 is 0.609 bits per heavy atom. The molecule has 110 valence electrons. The van der Waals surface area contributed by atoms with Crippen LogP contribution in [-0.4, -0.2) is 0 Å². The largest absolute Gasteiger partial charge is 0.0620 e. The van der Waals surface area contributed by atoms with Gasteiger partial charge in [-0.15, -0.1) is 0 Å². The van der Waals surface area contributed by atoms with Crippen molar-refractivity contribution in [3.63, 3.8) is 0 Å². The lowest BCUT2D eigenvalue weighted by molar-refractivity contribution is 0.332. The molecule has 0 bridgehead atoms. The number of rotatable bonds is 0. The van der Waals surface area contributed by atoms with E-state index < -0.39 is 0 Å². The molecule has 0 saturated heterocycles. The summed E-state index contributed by atoms with van der Waals surface area (Å²) in [5.74, 6) is 1.13. The zero-order valence-electron chi connectivity index (χ0n) is 13.4. The molecule has 0 heterocycles. The average Bonchev–Trinajstić information content (AvgIpc) is 2.79. The SMILES string of the molecule is Cc1ccc(C)c2c1C1c3ccccc3C13c1ccccc1C23. The number of aryl methyl sites for hydroxylation is 2. The summed E-state index contributed by atoms with van der Waals surface area (Å²) in [5, 5.41) is 0. The summed E-state index contributed by atoms with van der Waals surface area (Å²) < 4.78 is 0. The molecular weight excluding hydrogens is 276 g/mol. The monoisotopic (exact) mass is 294 g/mol. The topological polar surface area (TPSA) is 0 Å². The quantitative estimate of drug-likeness (QED) is 0.535. The van der Waals surface area contributed by atoms with Crippen molar-refractivity contribution in [1.82, 2.24) is 0 Å². The second-order valence-corrected chi connectivity index (χ2v) is 7.44. The normalized spacial score (nSPS) is 27.7. The molecule has 2 unspecified atom stereocenters. The van der Waals surface area contributed by atoms with E-state index in [4.69, 9.17) is 0 Å². The van der Waals surface area contributed by atoms with Crippen molar-refractivity contribution in [2.75, 3.05) is 0 Å². The standard InChI is InChI=1S/C23H18/c1-13-11-12-14(2)20-19(13)21-15-7-3-5-9-17(15)23(21)18-10-6-4-8-16(18)22(20)23/h3-12,21-22H,1-2H3. The van der Waals surface area contributed by atoms with Crippen molar-refractivity contribution >= 4 is 0 Å². The molecule has 0 amide bonds. The molecule has 0 fully saturated rings. The lowest BCUT2D eigenvalue weighted by Gasteiger charge is -2.58. The molecule has 6 rings (SSSR count). The molecule has 0 N–H and O–H groups in total.